The quantitative estimate of drug-likeness (QED) is 0.0999. The van der Waals surface area contributed by atoms with E-state index in [0.29, 0.717) is 0 Å². The highest BCUT2D eigenvalue weighted by atomic mass is 31.3. The van der Waals surface area contributed by atoms with Crippen LogP contribution in [0.1, 0.15) is 6.23 Å². The van der Waals surface area contributed by atoms with Gasteiger partial charge in [0.2, 0.25) is 0 Å². The van der Waals surface area contributed by atoms with Gasteiger partial charge in [-0.25, -0.2) is 13.9 Å². The molecule has 19 nitrogen and oxygen atoms in total. The molecule has 2 heterocycles. The zero-order valence-corrected chi connectivity index (χ0v) is 19.9. The Bertz CT molecular complexity index is 1030. The second kappa shape index (κ2) is 12.4. The maximum Gasteiger partial charge on any atom is 0.481 e. The van der Waals surface area contributed by atoms with Gasteiger partial charge in [0.1, 0.15) is 48.5 Å². The van der Waals surface area contributed by atoms with E-state index in [9.17, 15) is 54.4 Å². The van der Waals surface area contributed by atoms with Gasteiger partial charge < -0.3 is 56.0 Å². The first-order valence-electron chi connectivity index (χ1n) is 9.94. The van der Waals surface area contributed by atoms with Crippen LogP contribution in [0, 0.1) is 0 Å². The summed E-state index contributed by atoms with van der Waals surface area (Å²) >= 11 is 0. The number of rotatable bonds is 13. The molecule has 0 saturated carbocycles. The molecule has 0 bridgehead atoms. The fraction of sp³-hybridized carbons (Fsp3) is 0.733. The summed E-state index contributed by atoms with van der Waals surface area (Å²) in [6.45, 7) is -3.22. The topological polar surface area (TPSA) is 314 Å². The maximum atomic E-state index is 12.0. The molecule has 2 rings (SSSR count). The summed E-state index contributed by atoms with van der Waals surface area (Å²) in [5.41, 5.74) is 4.43. The SMILES string of the molecule is Nc1ccn([C@@H]2O[C@H](COP(=O)(O)OP(=O)(O)OC[C@@H](O)[C@@H](O)[C@H](O)[C@@H](O)CO)[C@@H](O)[C@H]2O)c(=O)n1. The molecule has 1 saturated heterocycles. The minimum absolute atomic E-state index is 0.126. The number of nitrogens with zero attached hydrogens (tertiary/aromatic N) is 2. The van der Waals surface area contributed by atoms with Gasteiger partial charge in [-0.1, -0.05) is 0 Å². The van der Waals surface area contributed by atoms with Crippen LogP contribution < -0.4 is 11.4 Å². The number of aliphatic hydroxyl groups excluding tert-OH is 7. The van der Waals surface area contributed by atoms with Crippen molar-refractivity contribution in [2.24, 2.45) is 0 Å². The van der Waals surface area contributed by atoms with Crippen molar-refractivity contribution >= 4 is 21.5 Å². The van der Waals surface area contributed by atoms with Gasteiger partial charge in [-0.2, -0.15) is 9.29 Å². The fourth-order valence-corrected chi connectivity index (χ4v) is 4.99. The molecular weight excluding hydrogens is 540 g/mol. The van der Waals surface area contributed by atoms with Crippen molar-refractivity contribution in [3.05, 3.63) is 22.7 Å². The lowest BCUT2D eigenvalue weighted by molar-refractivity contribution is -0.122. The summed E-state index contributed by atoms with van der Waals surface area (Å²) in [7, 11) is -10.9. The molecule has 0 spiro atoms. The average Bonchev–Trinajstić information content (AvgIpc) is 3.07. The smallest absolute Gasteiger partial charge is 0.394 e. The zero-order valence-electron chi connectivity index (χ0n) is 18.1. The molecular formula is C15H27N3O16P2. The number of ether oxygens (including phenoxy) is 1. The summed E-state index contributed by atoms with van der Waals surface area (Å²) in [5, 5.41) is 66.9. The van der Waals surface area contributed by atoms with Crippen LogP contribution in [-0.4, -0.2) is 118 Å². The first-order chi connectivity index (χ1) is 16.6. The van der Waals surface area contributed by atoms with Gasteiger partial charge in [-0.05, 0) is 6.07 Å². The van der Waals surface area contributed by atoms with Gasteiger partial charge >= 0.3 is 21.3 Å². The van der Waals surface area contributed by atoms with Crippen LogP contribution >= 0.6 is 15.6 Å². The third kappa shape index (κ3) is 8.06. The third-order valence-electron chi connectivity index (χ3n) is 4.81. The predicted molar refractivity (Wildman–Crippen MR) is 113 cm³/mol. The van der Waals surface area contributed by atoms with E-state index in [1.165, 1.54) is 6.07 Å². The van der Waals surface area contributed by atoms with Gasteiger partial charge in [-0.3, -0.25) is 13.6 Å². The Morgan fingerprint density at radius 1 is 1.06 bits per heavy atom. The molecule has 1 aliphatic rings. The van der Waals surface area contributed by atoms with E-state index in [4.69, 9.17) is 15.6 Å². The number of aliphatic hydroxyl groups is 7. The first kappa shape index (κ1) is 30.8. The Morgan fingerprint density at radius 3 is 2.22 bits per heavy atom. The molecule has 0 aromatic carbocycles. The molecule has 1 aromatic rings. The summed E-state index contributed by atoms with van der Waals surface area (Å²) in [5.74, 6) is -0.126. The van der Waals surface area contributed by atoms with E-state index in [1.807, 2.05) is 0 Å². The molecule has 1 fully saturated rings. The number of phosphoric ester groups is 2. The number of nitrogen functional groups attached to an aromatic ring is 1. The van der Waals surface area contributed by atoms with Crippen LogP contribution in [-0.2, 0) is 27.2 Å². The highest BCUT2D eigenvalue weighted by Crippen LogP contribution is 2.60. The van der Waals surface area contributed by atoms with Crippen molar-refractivity contribution in [3.8, 4) is 0 Å². The van der Waals surface area contributed by atoms with Gasteiger partial charge in [-0.15, -0.1) is 0 Å². The molecule has 36 heavy (non-hydrogen) atoms. The Labute approximate surface area is 201 Å². The average molecular weight is 567 g/mol. The van der Waals surface area contributed by atoms with Gasteiger partial charge in [0.25, 0.3) is 0 Å². The van der Waals surface area contributed by atoms with Crippen LogP contribution in [0.5, 0.6) is 0 Å². The zero-order chi connectivity index (χ0) is 27.4. The molecule has 21 heteroatoms. The Morgan fingerprint density at radius 2 is 1.64 bits per heavy atom. The summed E-state index contributed by atoms with van der Waals surface area (Å²) < 4.78 is 42.7. The van der Waals surface area contributed by atoms with Crippen LogP contribution in [0.15, 0.2) is 17.1 Å². The van der Waals surface area contributed by atoms with E-state index in [1.54, 1.807) is 0 Å². The number of nitrogens with two attached hydrogens (primary N) is 1. The third-order valence-corrected chi connectivity index (χ3v) is 7.41. The lowest BCUT2D eigenvalue weighted by Crippen LogP contribution is -2.47. The second-order valence-corrected chi connectivity index (χ2v) is 10.5. The predicted octanol–water partition coefficient (Wildman–Crippen LogP) is -4.87. The van der Waals surface area contributed by atoms with Crippen LogP contribution in [0.4, 0.5) is 5.82 Å². The minimum atomic E-state index is -5.45. The minimum Gasteiger partial charge on any atom is -0.394 e. The van der Waals surface area contributed by atoms with Gasteiger partial charge in [0.05, 0.1) is 19.8 Å². The number of phosphoric acid groups is 2. The molecule has 10 atom stereocenters. The van der Waals surface area contributed by atoms with Crippen LogP contribution in [0.2, 0.25) is 0 Å². The van der Waals surface area contributed by atoms with Crippen LogP contribution in [0.25, 0.3) is 0 Å². The van der Waals surface area contributed by atoms with Crippen molar-refractivity contribution in [3.63, 3.8) is 0 Å². The Hall–Kier alpha value is -1.38. The molecule has 2 unspecified atom stereocenters. The largest absolute Gasteiger partial charge is 0.481 e. The second-order valence-electron chi connectivity index (χ2n) is 7.50. The fourth-order valence-electron chi connectivity index (χ4n) is 2.89. The summed E-state index contributed by atoms with van der Waals surface area (Å²) in [6, 6.07) is 1.20. The Kier molecular flexibility index (Phi) is 10.7. The number of anilines is 1. The molecule has 1 aromatic heterocycles. The van der Waals surface area contributed by atoms with Crippen molar-refractivity contribution in [2.75, 3.05) is 25.6 Å². The number of aromatic nitrogens is 2. The molecule has 1 aliphatic heterocycles. The lowest BCUT2D eigenvalue weighted by Gasteiger charge is -2.26. The van der Waals surface area contributed by atoms with Crippen molar-refractivity contribution < 1.29 is 72.8 Å². The molecule has 0 aliphatic carbocycles. The van der Waals surface area contributed by atoms with Crippen molar-refractivity contribution in [1.82, 2.24) is 9.55 Å². The van der Waals surface area contributed by atoms with E-state index in [0.717, 1.165) is 10.8 Å². The Balaban J connectivity index is 1.93. The van der Waals surface area contributed by atoms with Gasteiger partial charge in [0.15, 0.2) is 6.23 Å². The molecule has 208 valence electrons. The molecule has 0 amide bonds. The first-order valence-corrected chi connectivity index (χ1v) is 12.9. The number of hydrogen-bond donors (Lipinski definition) is 10. The van der Waals surface area contributed by atoms with Crippen molar-refractivity contribution in [1.29, 1.82) is 0 Å². The lowest BCUT2D eigenvalue weighted by atomic mass is 10.0. The highest BCUT2D eigenvalue weighted by molar-refractivity contribution is 7.61. The number of hydrogen-bond acceptors (Lipinski definition) is 16. The van der Waals surface area contributed by atoms with E-state index < -0.39 is 90.1 Å². The summed E-state index contributed by atoms with van der Waals surface area (Å²) in [4.78, 5) is 34.6. The highest BCUT2D eigenvalue weighted by Gasteiger charge is 2.46. The monoisotopic (exact) mass is 567 g/mol. The van der Waals surface area contributed by atoms with E-state index in [-0.39, 0.29) is 5.82 Å². The van der Waals surface area contributed by atoms with Crippen molar-refractivity contribution in [2.45, 2.75) is 49.0 Å². The van der Waals surface area contributed by atoms with E-state index >= 15 is 0 Å². The van der Waals surface area contributed by atoms with Gasteiger partial charge in [0, 0.05) is 6.20 Å². The van der Waals surface area contributed by atoms with E-state index in [2.05, 4.69) is 18.3 Å². The molecule has 11 N–H and O–H groups in total. The maximum absolute atomic E-state index is 12.0. The standard InChI is InChI=1S/C15H27N3O16P2/c16-9-1-2-18(15(26)17-9)14-13(25)12(24)8(33-14)5-32-36(29,30)34-35(27,28)31-4-7(21)11(23)10(22)6(20)3-19/h1-2,6-8,10-14,19-25H,3-5H2,(H,27,28)(H,29,30)(H2,16,17,26)/t6-,7+,8+,10+,11+,12+,13+,14+/m0/s1. The normalized spacial score (nSPS) is 29.1. The molecule has 0 radical (unpaired) electrons. The van der Waals surface area contributed by atoms with Crippen LogP contribution in [0.3, 0.4) is 0 Å². The summed E-state index contributed by atoms with van der Waals surface area (Å²) in [6.07, 6.45) is -13.6.